The summed E-state index contributed by atoms with van der Waals surface area (Å²) in [7, 11) is 0. The number of hydrogen-bond donors (Lipinski definition) is 0. The molecule has 0 unspecified atom stereocenters. The first kappa shape index (κ1) is 15.9. The summed E-state index contributed by atoms with van der Waals surface area (Å²) in [5.41, 5.74) is 1.11. The van der Waals surface area contributed by atoms with Gasteiger partial charge in [0, 0.05) is 17.1 Å². The van der Waals surface area contributed by atoms with Gasteiger partial charge in [0.05, 0.1) is 10.6 Å². The first-order chi connectivity index (χ1) is 10.0. The van der Waals surface area contributed by atoms with E-state index in [4.69, 9.17) is 11.6 Å². The molecule has 1 aromatic heterocycles. The molecule has 0 fully saturated rings. The van der Waals surface area contributed by atoms with Crippen molar-refractivity contribution < 1.29 is 4.79 Å². The standard InChI is InChI=1S/C16H17ClN2OS/c1-11(2)18-15-6-4-5-9-19(15)16(20)13-10-12(21-3)7-8-14(13)17/h4-11H,1-3H3. The Labute approximate surface area is 133 Å². The van der Waals surface area contributed by atoms with Crippen molar-refractivity contribution in [2.75, 3.05) is 6.26 Å². The van der Waals surface area contributed by atoms with Crippen LogP contribution in [0.15, 0.2) is 52.5 Å². The maximum Gasteiger partial charge on any atom is 0.265 e. The van der Waals surface area contributed by atoms with E-state index < -0.39 is 0 Å². The Bertz CT molecular complexity index is 722. The molecule has 3 nitrogen and oxygen atoms in total. The predicted octanol–water partition coefficient (Wildman–Crippen LogP) is 3.86. The third-order valence-electron chi connectivity index (χ3n) is 2.85. The van der Waals surface area contributed by atoms with Crippen LogP contribution in [0.5, 0.6) is 0 Å². The molecule has 2 aromatic rings. The van der Waals surface area contributed by atoms with Crippen molar-refractivity contribution in [2.24, 2.45) is 4.99 Å². The molecular formula is C16H17ClN2OS. The summed E-state index contributed by atoms with van der Waals surface area (Å²) in [6, 6.07) is 11.1. The number of carbonyl (C=O) groups is 1. The summed E-state index contributed by atoms with van der Waals surface area (Å²) >= 11 is 7.76. The van der Waals surface area contributed by atoms with E-state index in [1.54, 1.807) is 24.0 Å². The average molecular weight is 321 g/mol. The summed E-state index contributed by atoms with van der Waals surface area (Å²) < 4.78 is 1.53. The van der Waals surface area contributed by atoms with Crippen LogP contribution in [0.4, 0.5) is 0 Å². The number of carbonyl (C=O) groups excluding carboxylic acids is 1. The molecule has 0 aliphatic rings. The lowest BCUT2D eigenvalue weighted by molar-refractivity contribution is 0.0954. The van der Waals surface area contributed by atoms with Crippen molar-refractivity contribution in [1.82, 2.24) is 4.57 Å². The lowest BCUT2D eigenvalue weighted by Gasteiger charge is -2.09. The fourth-order valence-electron chi connectivity index (χ4n) is 1.90. The van der Waals surface area contributed by atoms with E-state index in [9.17, 15) is 4.79 Å². The second kappa shape index (κ2) is 6.96. The van der Waals surface area contributed by atoms with Gasteiger partial charge in [-0.05, 0) is 50.4 Å². The van der Waals surface area contributed by atoms with E-state index in [1.165, 1.54) is 4.57 Å². The Morgan fingerprint density at radius 1 is 1.29 bits per heavy atom. The number of pyridine rings is 1. The normalized spacial score (nSPS) is 12.0. The minimum absolute atomic E-state index is 0.111. The lowest BCUT2D eigenvalue weighted by atomic mass is 10.2. The molecule has 0 aliphatic heterocycles. The zero-order valence-corrected chi connectivity index (χ0v) is 13.8. The molecule has 0 spiro atoms. The Hall–Kier alpha value is -1.52. The van der Waals surface area contributed by atoms with Crippen molar-refractivity contribution in [3.63, 3.8) is 0 Å². The highest BCUT2D eigenvalue weighted by molar-refractivity contribution is 7.98. The highest BCUT2D eigenvalue weighted by Crippen LogP contribution is 2.23. The number of hydrogen-bond acceptors (Lipinski definition) is 3. The molecule has 0 amide bonds. The topological polar surface area (TPSA) is 34.4 Å². The van der Waals surface area contributed by atoms with E-state index in [2.05, 4.69) is 4.99 Å². The van der Waals surface area contributed by atoms with Gasteiger partial charge in [-0.15, -0.1) is 11.8 Å². The smallest absolute Gasteiger partial charge is 0.265 e. The monoisotopic (exact) mass is 320 g/mol. The zero-order chi connectivity index (χ0) is 15.4. The molecular weight excluding hydrogens is 304 g/mol. The minimum atomic E-state index is -0.170. The molecule has 110 valence electrons. The first-order valence-electron chi connectivity index (χ1n) is 6.62. The summed E-state index contributed by atoms with van der Waals surface area (Å²) in [6.07, 6.45) is 3.68. The molecule has 0 atom stereocenters. The van der Waals surface area contributed by atoms with Gasteiger partial charge in [0.25, 0.3) is 5.91 Å². The van der Waals surface area contributed by atoms with Crippen molar-refractivity contribution >= 4 is 29.3 Å². The Balaban J connectivity index is 2.56. The number of benzene rings is 1. The van der Waals surface area contributed by atoms with E-state index in [0.717, 1.165) is 4.90 Å². The van der Waals surface area contributed by atoms with Crippen LogP contribution in [0.2, 0.25) is 5.02 Å². The third kappa shape index (κ3) is 3.77. The van der Waals surface area contributed by atoms with Crippen LogP contribution >= 0.6 is 23.4 Å². The SMILES string of the molecule is CSc1ccc(Cl)c(C(=O)n2ccccc2=NC(C)C)c1. The number of thioether (sulfide) groups is 1. The Kier molecular flexibility index (Phi) is 5.26. The Morgan fingerprint density at radius 3 is 2.71 bits per heavy atom. The number of rotatable bonds is 3. The van der Waals surface area contributed by atoms with E-state index >= 15 is 0 Å². The van der Waals surface area contributed by atoms with Gasteiger partial charge in [-0.1, -0.05) is 17.7 Å². The van der Waals surface area contributed by atoms with Crippen molar-refractivity contribution in [3.05, 3.63) is 58.7 Å². The van der Waals surface area contributed by atoms with Crippen molar-refractivity contribution in [3.8, 4) is 0 Å². The molecule has 2 rings (SSSR count). The van der Waals surface area contributed by atoms with Crippen LogP contribution in [-0.4, -0.2) is 22.8 Å². The summed E-state index contributed by atoms with van der Waals surface area (Å²) in [4.78, 5) is 18.2. The van der Waals surface area contributed by atoms with Gasteiger partial charge < -0.3 is 0 Å². The van der Waals surface area contributed by atoms with Gasteiger partial charge in [-0.25, -0.2) is 0 Å². The van der Waals surface area contributed by atoms with Crippen LogP contribution in [0.25, 0.3) is 0 Å². The van der Waals surface area contributed by atoms with Gasteiger partial charge in [0.1, 0.15) is 5.49 Å². The molecule has 21 heavy (non-hydrogen) atoms. The molecule has 0 saturated heterocycles. The van der Waals surface area contributed by atoms with Crippen LogP contribution in [0, 0.1) is 0 Å². The van der Waals surface area contributed by atoms with Gasteiger partial charge in [0.15, 0.2) is 0 Å². The third-order valence-corrected chi connectivity index (χ3v) is 3.91. The van der Waals surface area contributed by atoms with E-state index in [-0.39, 0.29) is 11.9 Å². The van der Waals surface area contributed by atoms with Gasteiger partial charge in [-0.3, -0.25) is 14.4 Å². The Morgan fingerprint density at radius 2 is 2.05 bits per heavy atom. The number of aromatic nitrogens is 1. The van der Waals surface area contributed by atoms with Crippen molar-refractivity contribution in [2.45, 2.75) is 24.8 Å². The summed E-state index contributed by atoms with van der Waals surface area (Å²) in [6.45, 7) is 3.95. The van der Waals surface area contributed by atoms with E-state index in [1.807, 2.05) is 50.4 Å². The first-order valence-corrected chi connectivity index (χ1v) is 8.23. The second-order valence-corrected chi connectivity index (χ2v) is 6.09. The lowest BCUT2D eigenvalue weighted by Crippen LogP contribution is -2.28. The summed E-state index contributed by atoms with van der Waals surface area (Å²) in [5, 5.41) is 0.449. The zero-order valence-electron chi connectivity index (χ0n) is 12.2. The molecule has 1 heterocycles. The predicted molar refractivity (Wildman–Crippen MR) is 88.1 cm³/mol. The highest BCUT2D eigenvalue weighted by atomic mass is 35.5. The van der Waals surface area contributed by atoms with Crippen LogP contribution in [0.3, 0.4) is 0 Å². The molecule has 0 N–H and O–H groups in total. The van der Waals surface area contributed by atoms with Gasteiger partial charge in [-0.2, -0.15) is 0 Å². The van der Waals surface area contributed by atoms with E-state index in [0.29, 0.717) is 16.1 Å². The maximum absolute atomic E-state index is 12.7. The molecule has 5 heteroatoms. The summed E-state index contributed by atoms with van der Waals surface area (Å²) in [5.74, 6) is -0.170. The molecule has 0 radical (unpaired) electrons. The van der Waals surface area contributed by atoms with Crippen LogP contribution in [-0.2, 0) is 0 Å². The van der Waals surface area contributed by atoms with Gasteiger partial charge in [0.2, 0.25) is 0 Å². The number of nitrogens with zero attached hydrogens (tertiary/aromatic N) is 2. The average Bonchev–Trinajstić information content (AvgIpc) is 2.47. The fourth-order valence-corrected chi connectivity index (χ4v) is 2.54. The maximum atomic E-state index is 12.7. The number of halogens is 1. The molecule has 0 aliphatic carbocycles. The van der Waals surface area contributed by atoms with Crippen molar-refractivity contribution in [1.29, 1.82) is 0 Å². The van der Waals surface area contributed by atoms with Crippen LogP contribution in [0.1, 0.15) is 24.2 Å². The van der Waals surface area contributed by atoms with Crippen LogP contribution < -0.4 is 5.49 Å². The van der Waals surface area contributed by atoms with Gasteiger partial charge >= 0.3 is 0 Å². The largest absolute Gasteiger partial charge is 0.268 e. The fraction of sp³-hybridized carbons (Fsp3) is 0.250. The molecule has 0 saturated carbocycles. The minimum Gasteiger partial charge on any atom is -0.268 e. The molecule has 1 aromatic carbocycles. The highest BCUT2D eigenvalue weighted by Gasteiger charge is 2.13. The molecule has 0 bridgehead atoms. The second-order valence-electron chi connectivity index (χ2n) is 4.80. The quantitative estimate of drug-likeness (QED) is 0.805.